The lowest BCUT2D eigenvalue weighted by atomic mass is 9.96. The lowest BCUT2D eigenvalue weighted by molar-refractivity contribution is -0.127. The Morgan fingerprint density at radius 1 is 1.30 bits per heavy atom. The molecule has 7 heteroatoms. The van der Waals surface area contributed by atoms with E-state index < -0.39 is 5.92 Å². The maximum absolute atomic E-state index is 12.3. The topological polar surface area (TPSA) is 95.3 Å². The average Bonchev–Trinajstić information content (AvgIpc) is 3.08. The molecule has 1 aromatic heterocycles. The third-order valence-corrected chi connectivity index (χ3v) is 5.80. The molecule has 3 heterocycles. The van der Waals surface area contributed by atoms with Crippen LogP contribution in [0, 0.1) is 17.2 Å². The summed E-state index contributed by atoms with van der Waals surface area (Å²) in [5.74, 6) is -0.489. The van der Waals surface area contributed by atoms with Gasteiger partial charge in [0.2, 0.25) is 5.91 Å². The molecule has 0 saturated carbocycles. The highest BCUT2D eigenvalue weighted by molar-refractivity contribution is 5.96. The number of pyridine rings is 1. The van der Waals surface area contributed by atoms with Crippen LogP contribution in [-0.4, -0.2) is 48.5 Å². The largest absolute Gasteiger partial charge is 0.381 e. The molecule has 0 aliphatic carbocycles. The first-order valence-corrected chi connectivity index (χ1v) is 10.2. The molecule has 1 aromatic carbocycles. The van der Waals surface area contributed by atoms with Crippen LogP contribution in [0.15, 0.2) is 36.5 Å². The Morgan fingerprint density at radius 3 is 2.73 bits per heavy atom. The lowest BCUT2D eigenvalue weighted by Gasteiger charge is -2.22. The van der Waals surface area contributed by atoms with Crippen LogP contribution >= 0.6 is 0 Å². The summed E-state index contributed by atoms with van der Waals surface area (Å²) in [6, 6.07) is 12.0. The van der Waals surface area contributed by atoms with E-state index in [-0.39, 0.29) is 17.7 Å². The van der Waals surface area contributed by atoms with Gasteiger partial charge < -0.3 is 15.0 Å². The minimum Gasteiger partial charge on any atom is -0.381 e. The molecule has 1 fully saturated rings. The summed E-state index contributed by atoms with van der Waals surface area (Å²) >= 11 is 0. The summed E-state index contributed by atoms with van der Waals surface area (Å²) in [6.07, 6.45) is 3.17. The summed E-state index contributed by atoms with van der Waals surface area (Å²) in [4.78, 5) is 30.3. The molecule has 2 aliphatic heterocycles. The van der Waals surface area contributed by atoms with Crippen molar-refractivity contribution < 1.29 is 14.3 Å². The van der Waals surface area contributed by atoms with Crippen molar-refractivity contribution in [1.29, 1.82) is 5.26 Å². The maximum atomic E-state index is 12.3. The lowest BCUT2D eigenvalue weighted by Crippen LogP contribution is -2.36. The summed E-state index contributed by atoms with van der Waals surface area (Å²) < 4.78 is 5.29. The summed E-state index contributed by atoms with van der Waals surface area (Å²) in [7, 11) is 1.77. The molecule has 0 radical (unpaired) electrons. The van der Waals surface area contributed by atoms with Gasteiger partial charge in [-0.05, 0) is 30.0 Å². The van der Waals surface area contributed by atoms with Crippen molar-refractivity contribution in [2.45, 2.75) is 25.3 Å². The molecule has 0 spiro atoms. The van der Waals surface area contributed by atoms with Gasteiger partial charge in [-0.15, -0.1) is 0 Å². The summed E-state index contributed by atoms with van der Waals surface area (Å²) in [5.41, 5.74) is 4.21. The minimum atomic E-state index is -0.410. The Balaban J connectivity index is 1.42. The number of benzene rings is 1. The van der Waals surface area contributed by atoms with E-state index in [1.807, 2.05) is 30.3 Å². The van der Waals surface area contributed by atoms with Gasteiger partial charge in [0.15, 0.2) is 0 Å². The van der Waals surface area contributed by atoms with Crippen LogP contribution in [0.25, 0.3) is 11.1 Å². The van der Waals surface area contributed by atoms with Gasteiger partial charge in [-0.3, -0.25) is 14.6 Å². The number of rotatable bonds is 5. The molecule has 2 aromatic rings. The molecule has 1 unspecified atom stereocenters. The first-order chi connectivity index (χ1) is 14.6. The van der Waals surface area contributed by atoms with Crippen LogP contribution in [-0.2, 0) is 16.1 Å². The van der Waals surface area contributed by atoms with E-state index in [1.165, 1.54) is 0 Å². The Hall–Kier alpha value is -3.24. The molecule has 1 saturated heterocycles. The fraction of sp³-hybridized carbons (Fsp3) is 0.391. The fourth-order valence-corrected chi connectivity index (χ4v) is 3.94. The van der Waals surface area contributed by atoms with Crippen LogP contribution in [0.3, 0.4) is 0 Å². The first kappa shape index (κ1) is 20.0. The molecule has 7 nitrogen and oxygen atoms in total. The molecule has 1 N–H and O–H groups in total. The van der Waals surface area contributed by atoms with Gasteiger partial charge in [0, 0.05) is 56.6 Å². The second kappa shape index (κ2) is 8.64. The number of carbonyl (C=O) groups is 2. The van der Waals surface area contributed by atoms with Crippen molar-refractivity contribution in [2.24, 2.45) is 5.92 Å². The van der Waals surface area contributed by atoms with Gasteiger partial charge in [-0.25, -0.2) is 0 Å². The van der Waals surface area contributed by atoms with Crippen molar-refractivity contribution >= 4 is 11.8 Å². The minimum absolute atomic E-state index is 0.00102. The molecule has 4 rings (SSSR count). The van der Waals surface area contributed by atoms with Gasteiger partial charge in [-0.1, -0.05) is 24.3 Å². The Labute approximate surface area is 175 Å². The normalized spacial score (nSPS) is 17.3. The van der Waals surface area contributed by atoms with Gasteiger partial charge >= 0.3 is 0 Å². The third kappa shape index (κ3) is 4.05. The SMILES string of the molecule is CN1Cc2cc(-c3ccc(C(C#N)CNC(=O)C4CCOCC4)cc3)cnc2C1=O. The van der Waals surface area contributed by atoms with Gasteiger partial charge in [0.1, 0.15) is 5.69 Å². The Kier molecular flexibility index (Phi) is 5.77. The van der Waals surface area contributed by atoms with E-state index in [0.29, 0.717) is 32.0 Å². The van der Waals surface area contributed by atoms with Crippen LogP contribution in [0.2, 0.25) is 0 Å². The zero-order chi connectivity index (χ0) is 21.1. The predicted molar refractivity (Wildman–Crippen MR) is 110 cm³/mol. The number of fused-ring (bicyclic) bond motifs is 1. The number of nitrogens with one attached hydrogen (secondary N) is 1. The van der Waals surface area contributed by atoms with E-state index >= 15 is 0 Å². The zero-order valence-corrected chi connectivity index (χ0v) is 16.9. The molecule has 30 heavy (non-hydrogen) atoms. The van der Waals surface area contributed by atoms with Crippen LogP contribution in [0.1, 0.15) is 40.4 Å². The Morgan fingerprint density at radius 2 is 2.03 bits per heavy atom. The number of nitrogens with zero attached hydrogens (tertiary/aromatic N) is 3. The zero-order valence-electron chi connectivity index (χ0n) is 16.9. The summed E-state index contributed by atoms with van der Waals surface area (Å²) in [5, 5.41) is 12.5. The Bertz CT molecular complexity index is 990. The number of nitriles is 1. The van der Waals surface area contributed by atoms with E-state index in [0.717, 1.165) is 35.1 Å². The molecule has 1 atom stereocenters. The monoisotopic (exact) mass is 404 g/mol. The number of amides is 2. The highest BCUT2D eigenvalue weighted by atomic mass is 16.5. The molecule has 154 valence electrons. The number of hydrogen-bond donors (Lipinski definition) is 1. The number of aromatic nitrogens is 1. The number of carbonyl (C=O) groups excluding carboxylic acids is 2. The van der Waals surface area contributed by atoms with Crippen LogP contribution < -0.4 is 5.32 Å². The van der Waals surface area contributed by atoms with Crippen molar-refractivity contribution in [2.75, 3.05) is 26.8 Å². The molecule has 2 amide bonds. The highest BCUT2D eigenvalue weighted by Gasteiger charge is 2.26. The van der Waals surface area contributed by atoms with E-state index in [1.54, 1.807) is 18.1 Å². The number of ether oxygens (including phenoxy) is 1. The molecule has 2 aliphatic rings. The van der Waals surface area contributed by atoms with E-state index in [4.69, 9.17) is 4.74 Å². The van der Waals surface area contributed by atoms with E-state index in [9.17, 15) is 14.9 Å². The second-order valence-electron chi connectivity index (χ2n) is 7.83. The van der Waals surface area contributed by atoms with Gasteiger partial charge in [0.05, 0.1) is 12.0 Å². The molecular weight excluding hydrogens is 380 g/mol. The molecule has 0 bridgehead atoms. The third-order valence-electron chi connectivity index (χ3n) is 5.80. The van der Waals surface area contributed by atoms with Crippen molar-refractivity contribution in [3.63, 3.8) is 0 Å². The van der Waals surface area contributed by atoms with Crippen molar-refractivity contribution in [1.82, 2.24) is 15.2 Å². The van der Waals surface area contributed by atoms with Crippen molar-refractivity contribution in [3.05, 3.63) is 53.3 Å². The predicted octanol–water partition coefficient (Wildman–Crippen LogP) is 2.48. The van der Waals surface area contributed by atoms with Gasteiger partial charge in [0.25, 0.3) is 5.91 Å². The number of hydrogen-bond acceptors (Lipinski definition) is 5. The van der Waals surface area contributed by atoms with Crippen molar-refractivity contribution in [3.8, 4) is 17.2 Å². The standard InChI is InChI=1S/C23H24N4O3/c1-27-14-19-10-18(12-25-21(19)23(27)29)15-2-4-16(5-3-15)20(11-24)13-26-22(28)17-6-8-30-9-7-17/h2-5,10,12,17,20H,6-9,13-14H2,1H3,(H,26,28). The van der Waals surface area contributed by atoms with Gasteiger partial charge in [-0.2, -0.15) is 5.26 Å². The quantitative estimate of drug-likeness (QED) is 0.826. The fourth-order valence-electron chi connectivity index (χ4n) is 3.94. The first-order valence-electron chi connectivity index (χ1n) is 10.2. The second-order valence-corrected chi connectivity index (χ2v) is 7.83. The average molecular weight is 404 g/mol. The highest BCUT2D eigenvalue weighted by Crippen LogP contribution is 2.27. The maximum Gasteiger partial charge on any atom is 0.272 e. The smallest absolute Gasteiger partial charge is 0.272 e. The summed E-state index contributed by atoms with van der Waals surface area (Å²) in [6.45, 7) is 2.09. The van der Waals surface area contributed by atoms with Crippen LogP contribution in [0.4, 0.5) is 0 Å². The molecular formula is C23H24N4O3. The van der Waals surface area contributed by atoms with Crippen LogP contribution in [0.5, 0.6) is 0 Å². The van der Waals surface area contributed by atoms with E-state index in [2.05, 4.69) is 16.4 Å².